The van der Waals surface area contributed by atoms with Gasteiger partial charge in [0.25, 0.3) is 0 Å². The smallest absolute Gasteiger partial charge is 0.0471 e. The fourth-order valence-corrected chi connectivity index (χ4v) is 2.73. The van der Waals surface area contributed by atoms with Gasteiger partial charge in [0.15, 0.2) is 0 Å². The fourth-order valence-electron chi connectivity index (χ4n) is 2.49. The third-order valence-electron chi connectivity index (χ3n) is 3.62. The topological polar surface area (TPSA) is 15.3 Å². The molecule has 0 saturated carbocycles. The lowest BCUT2D eigenvalue weighted by Crippen LogP contribution is -2.26. The second-order valence-corrected chi connectivity index (χ2v) is 5.90. The predicted octanol–water partition coefficient (Wildman–Crippen LogP) is 3.83. The van der Waals surface area contributed by atoms with Crippen molar-refractivity contribution in [3.63, 3.8) is 0 Å². The van der Waals surface area contributed by atoms with Crippen molar-refractivity contribution in [3.8, 4) is 0 Å². The van der Waals surface area contributed by atoms with Gasteiger partial charge < -0.3 is 10.2 Å². The molecule has 0 radical (unpaired) electrons. The maximum Gasteiger partial charge on any atom is 0.0471 e. The molecule has 1 unspecified atom stereocenters. The van der Waals surface area contributed by atoms with Crippen LogP contribution in [0.5, 0.6) is 0 Å². The van der Waals surface area contributed by atoms with E-state index in [1.54, 1.807) is 0 Å². The normalized spacial score (nSPS) is 19.8. The molecule has 0 aromatic heterocycles. The Morgan fingerprint density at radius 3 is 2.78 bits per heavy atom. The molecule has 0 amide bonds. The molecule has 0 aliphatic carbocycles. The Balaban J connectivity index is 2.09. The second kappa shape index (κ2) is 5.94. The molecule has 0 spiro atoms. The highest BCUT2D eigenvalue weighted by molar-refractivity contribution is 6.31. The number of rotatable bonds is 4. The van der Waals surface area contributed by atoms with Gasteiger partial charge in [-0.15, -0.1) is 0 Å². The minimum atomic E-state index is 0.486. The van der Waals surface area contributed by atoms with Crippen LogP contribution in [0.3, 0.4) is 0 Å². The summed E-state index contributed by atoms with van der Waals surface area (Å²) in [7, 11) is 0. The zero-order valence-electron chi connectivity index (χ0n) is 11.5. The number of nitrogens with one attached hydrogen (secondary N) is 1. The van der Waals surface area contributed by atoms with Gasteiger partial charge in [0.1, 0.15) is 0 Å². The van der Waals surface area contributed by atoms with E-state index >= 15 is 0 Å². The molecule has 1 aliphatic heterocycles. The van der Waals surface area contributed by atoms with Crippen molar-refractivity contribution in [2.75, 3.05) is 11.4 Å². The summed E-state index contributed by atoms with van der Waals surface area (Å²) >= 11 is 6.37. The number of anilines is 1. The summed E-state index contributed by atoms with van der Waals surface area (Å²) < 4.78 is 0. The van der Waals surface area contributed by atoms with Crippen LogP contribution in [0.15, 0.2) is 18.2 Å². The molecule has 100 valence electrons. The van der Waals surface area contributed by atoms with Gasteiger partial charge in [-0.2, -0.15) is 0 Å². The first-order valence-corrected chi connectivity index (χ1v) is 7.24. The summed E-state index contributed by atoms with van der Waals surface area (Å²) in [6.45, 7) is 8.57. The lowest BCUT2D eigenvalue weighted by atomic mass is 10.1. The highest BCUT2D eigenvalue weighted by atomic mass is 35.5. The summed E-state index contributed by atoms with van der Waals surface area (Å²) in [5, 5.41) is 4.28. The number of nitrogens with zero attached hydrogens (tertiary/aromatic N) is 1. The van der Waals surface area contributed by atoms with E-state index in [1.807, 2.05) is 0 Å². The number of hydrogen-bond acceptors (Lipinski definition) is 2. The Kier molecular flexibility index (Phi) is 4.52. The Hall–Kier alpha value is -0.730. The first-order valence-electron chi connectivity index (χ1n) is 6.86. The molecule has 1 aromatic carbocycles. The standard InChI is InChI=1S/C15H23ClN2/c1-11(2)17-10-13-6-7-14(9-15(13)16)18-8-4-5-12(18)3/h6-7,9,11-12,17H,4-5,8,10H2,1-3H3. The van der Waals surface area contributed by atoms with Crippen LogP contribution in [0.25, 0.3) is 0 Å². The van der Waals surface area contributed by atoms with Crippen LogP contribution >= 0.6 is 11.6 Å². The van der Waals surface area contributed by atoms with E-state index in [1.165, 1.54) is 24.1 Å². The number of halogens is 1. The maximum atomic E-state index is 6.37. The first kappa shape index (κ1) is 13.7. The van der Waals surface area contributed by atoms with Crippen LogP contribution in [0, 0.1) is 0 Å². The molecule has 1 heterocycles. The Morgan fingerprint density at radius 2 is 2.22 bits per heavy atom. The zero-order valence-corrected chi connectivity index (χ0v) is 12.3. The van der Waals surface area contributed by atoms with E-state index in [-0.39, 0.29) is 0 Å². The van der Waals surface area contributed by atoms with E-state index in [4.69, 9.17) is 11.6 Å². The van der Waals surface area contributed by atoms with E-state index < -0.39 is 0 Å². The number of hydrogen-bond donors (Lipinski definition) is 1. The molecule has 1 aliphatic rings. The summed E-state index contributed by atoms with van der Waals surface area (Å²) in [5.41, 5.74) is 2.44. The second-order valence-electron chi connectivity index (χ2n) is 5.50. The van der Waals surface area contributed by atoms with Crippen molar-refractivity contribution in [1.82, 2.24) is 5.32 Å². The van der Waals surface area contributed by atoms with Crippen LogP contribution in [-0.2, 0) is 6.54 Å². The molecule has 1 N–H and O–H groups in total. The van der Waals surface area contributed by atoms with Crippen LogP contribution in [0.1, 0.15) is 39.2 Å². The number of benzene rings is 1. The average Bonchev–Trinajstić information content (AvgIpc) is 2.73. The molecule has 2 rings (SSSR count). The van der Waals surface area contributed by atoms with Gasteiger partial charge in [-0.25, -0.2) is 0 Å². The Morgan fingerprint density at radius 1 is 1.44 bits per heavy atom. The third kappa shape index (κ3) is 3.18. The minimum Gasteiger partial charge on any atom is -0.369 e. The highest BCUT2D eigenvalue weighted by Gasteiger charge is 2.20. The molecule has 1 saturated heterocycles. The first-order chi connectivity index (χ1) is 8.58. The molecule has 1 fully saturated rings. The quantitative estimate of drug-likeness (QED) is 0.891. The van der Waals surface area contributed by atoms with Crippen LogP contribution < -0.4 is 10.2 Å². The fraction of sp³-hybridized carbons (Fsp3) is 0.600. The summed E-state index contributed by atoms with van der Waals surface area (Å²) in [6.07, 6.45) is 2.57. The third-order valence-corrected chi connectivity index (χ3v) is 3.97. The SMILES string of the molecule is CC(C)NCc1ccc(N2CCCC2C)cc1Cl. The summed E-state index contributed by atoms with van der Waals surface area (Å²) in [5.74, 6) is 0. The lowest BCUT2D eigenvalue weighted by Gasteiger charge is -2.24. The Labute approximate surface area is 115 Å². The lowest BCUT2D eigenvalue weighted by molar-refractivity contribution is 0.589. The van der Waals surface area contributed by atoms with Crippen LogP contribution in [0.2, 0.25) is 5.02 Å². The van der Waals surface area contributed by atoms with Crippen molar-refractivity contribution in [2.24, 2.45) is 0 Å². The monoisotopic (exact) mass is 266 g/mol. The average molecular weight is 267 g/mol. The molecular formula is C15H23ClN2. The van der Waals surface area contributed by atoms with Crippen molar-refractivity contribution in [1.29, 1.82) is 0 Å². The largest absolute Gasteiger partial charge is 0.369 e. The van der Waals surface area contributed by atoms with E-state index in [0.29, 0.717) is 12.1 Å². The molecule has 1 atom stereocenters. The molecule has 2 nitrogen and oxygen atoms in total. The minimum absolute atomic E-state index is 0.486. The maximum absolute atomic E-state index is 6.37. The van der Waals surface area contributed by atoms with Crippen molar-refractivity contribution in [3.05, 3.63) is 28.8 Å². The predicted molar refractivity (Wildman–Crippen MR) is 79.5 cm³/mol. The van der Waals surface area contributed by atoms with Crippen LogP contribution in [0.4, 0.5) is 5.69 Å². The van der Waals surface area contributed by atoms with Gasteiger partial charge in [0.2, 0.25) is 0 Å². The van der Waals surface area contributed by atoms with Gasteiger partial charge in [-0.3, -0.25) is 0 Å². The molecule has 1 aromatic rings. The van der Waals surface area contributed by atoms with E-state index in [9.17, 15) is 0 Å². The highest BCUT2D eigenvalue weighted by Crippen LogP contribution is 2.29. The summed E-state index contributed by atoms with van der Waals surface area (Å²) in [4.78, 5) is 2.45. The molecule has 0 bridgehead atoms. The molecule has 18 heavy (non-hydrogen) atoms. The van der Waals surface area contributed by atoms with E-state index in [2.05, 4.69) is 49.2 Å². The van der Waals surface area contributed by atoms with Gasteiger partial charge in [-0.1, -0.05) is 31.5 Å². The van der Waals surface area contributed by atoms with Crippen LogP contribution in [-0.4, -0.2) is 18.6 Å². The molecule has 3 heteroatoms. The van der Waals surface area contributed by atoms with Crippen molar-refractivity contribution >= 4 is 17.3 Å². The van der Waals surface area contributed by atoms with Crippen molar-refractivity contribution < 1.29 is 0 Å². The molecular weight excluding hydrogens is 244 g/mol. The zero-order chi connectivity index (χ0) is 13.1. The Bertz CT molecular complexity index is 403. The van der Waals surface area contributed by atoms with E-state index in [0.717, 1.165) is 18.1 Å². The van der Waals surface area contributed by atoms with Gasteiger partial charge in [0.05, 0.1) is 0 Å². The van der Waals surface area contributed by atoms with Gasteiger partial charge >= 0.3 is 0 Å². The summed E-state index contributed by atoms with van der Waals surface area (Å²) in [6, 6.07) is 7.59. The van der Waals surface area contributed by atoms with Gasteiger partial charge in [-0.05, 0) is 37.5 Å². The van der Waals surface area contributed by atoms with Crippen molar-refractivity contribution in [2.45, 2.75) is 52.2 Å². The van der Waals surface area contributed by atoms with Gasteiger partial charge in [0, 0.05) is 35.9 Å².